The van der Waals surface area contributed by atoms with E-state index in [9.17, 15) is 9.50 Å². The molecule has 1 aromatic carbocycles. The predicted molar refractivity (Wildman–Crippen MR) is 54.1 cm³/mol. The normalized spacial score (nSPS) is 15.2. The molecule has 0 aliphatic carbocycles. The van der Waals surface area contributed by atoms with Crippen molar-refractivity contribution >= 4 is 15.9 Å². The number of hydrogen-bond acceptors (Lipinski definition) is 3. The second kappa shape index (κ2) is 4.35. The maximum Gasteiger partial charge on any atom is 0.129 e. The highest BCUT2D eigenvalue weighted by atomic mass is 79.9. The Morgan fingerprint density at radius 3 is 2.64 bits per heavy atom. The van der Waals surface area contributed by atoms with E-state index in [1.54, 1.807) is 0 Å². The van der Waals surface area contributed by atoms with Crippen LogP contribution in [0.25, 0.3) is 0 Å². The van der Waals surface area contributed by atoms with Gasteiger partial charge in [-0.15, -0.1) is 0 Å². The summed E-state index contributed by atoms with van der Waals surface area (Å²) in [6, 6.07) is 4.11. The van der Waals surface area contributed by atoms with Crippen molar-refractivity contribution in [3.8, 4) is 0 Å². The van der Waals surface area contributed by atoms with Gasteiger partial charge in [0.15, 0.2) is 0 Å². The molecular weight excluding hydrogens is 253 g/mol. The molecule has 0 fully saturated rings. The van der Waals surface area contributed by atoms with Gasteiger partial charge in [-0.05, 0) is 18.2 Å². The quantitative estimate of drug-likeness (QED) is 0.753. The van der Waals surface area contributed by atoms with Gasteiger partial charge in [-0.2, -0.15) is 0 Å². The van der Waals surface area contributed by atoms with E-state index in [2.05, 4.69) is 15.9 Å². The molecular formula is C9H11BrFNO2. The second-order valence-electron chi connectivity index (χ2n) is 3.02. The minimum absolute atomic E-state index is 0.00289. The first-order valence-corrected chi connectivity index (χ1v) is 4.81. The average Bonchev–Trinajstić information content (AvgIpc) is 2.20. The summed E-state index contributed by atoms with van der Waals surface area (Å²) >= 11 is 3.15. The Kier molecular flexibility index (Phi) is 3.60. The van der Waals surface area contributed by atoms with E-state index in [-0.39, 0.29) is 12.1 Å². The van der Waals surface area contributed by atoms with Gasteiger partial charge in [0.25, 0.3) is 0 Å². The molecule has 78 valence electrons. The number of hydrogen-bond donors (Lipinski definition) is 3. The third-order valence-electron chi connectivity index (χ3n) is 2.03. The lowest BCUT2D eigenvalue weighted by Gasteiger charge is -2.24. The summed E-state index contributed by atoms with van der Waals surface area (Å²) in [5.41, 5.74) is 3.56. The van der Waals surface area contributed by atoms with Crippen molar-refractivity contribution in [1.82, 2.24) is 0 Å². The van der Waals surface area contributed by atoms with Gasteiger partial charge in [-0.3, -0.25) is 0 Å². The molecule has 1 unspecified atom stereocenters. The zero-order valence-corrected chi connectivity index (χ0v) is 8.96. The van der Waals surface area contributed by atoms with Crippen molar-refractivity contribution in [3.63, 3.8) is 0 Å². The SMILES string of the molecule is NCC(O)(CO)c1cc(Br)ccc1F. The maximum absolute atomic E-state index is 13.3. The van der Waals surface area contributed by atoms with Crippen molar-refractivity contribution in [2.45, 2.75) is 5.60 Å². The summed E-state index contributed by atoms with van der Waals surface area (Å²) in [4.78, 5) is 0. The molecule has 0 saturated heterocycles. The topological polar surface area (TPSA) is 66.5 Å². The summed E-state index contributed by atoms with van der Waals surface area (Å²) in [6.45, 7) is -0.853. The van der Waals surface area contributed by atoms with E-state index in [1.807, 2.05) is 0 Å². The maximum atomic E-state index is 13.3. The van der Waals surface area contributed by atoms with Gasteiger partial charge in [0, 0.05) is 16.6 Å². The molecule has 0 aliphatic heterocycles. The van der Waals surface area contributed by atoms with E-state index in [0.29, 0.717) is 4.47 Å². The Labute approximate surface area is 89.5 Å². The molecule has 0 aliphatic rings. The summed E-state index contributed by atoms with van der Waals surface area (Å²) in [5, 5.41) is 18.7. The van der Waals surface area contributed by atoms with Gasteiger partial charge >= 0.3 is 0 Å². The Bertz CT molecular complexity index is 329. The summed E-state index contributed by atoms with van der Waals surface area (Å²) < 4.78 is 13.9. The van der Waals surface area contributed by atoms with Crippen molar-refractivity contribution in [2.24, 2.45) is 5.73 Å². The van der Waals surface area contributed by atoms with Crippen LogP contribution >= 0.6 is 15.9 Å². The van der Waals surface area contributed by atoms with Crippen LogP contribution in [0.3, 0.4) is 0 Å². The molecule has 1 rings (SSSR count). The fourth-order valence-electron chi connectivity index (χ4n) is 1.11. The molecule has 0 spiro atoms. The van der Waals surface area contributed by atoms with Crippen molar-refractivity contribution in [1.29, 1.82) is 0 Å². The summed E-state index contributed by atoms with van der Waals surface area (Å²) in [5.74, 6) is -0.588. The molecule has 0 amide bonds. The molecule has 0 heterocycles. The third kappa shape index (κ3) is 2.12. The third-order valence-corrected chi connectivity index (χ3v) is 2.52. The van der Waals surface area contributed by atoms with Crippen LogP contribution in [-0.2, 0) is 5.60 Å². The van der Waals surface area contributed by atoms with E-state index in [1.165, 1.54) is 18.2 Å². The number of halogens is 2. The highest BCUT2D eigenvalue weighted by Gasteiger charge is 2.29. The zero-order chi connectivity index (χ0) is 10.8. The van der Waals surface area contributed by atoms with Gasteiger partial charge in [0.2, 0.25) is 0 Å². The lowest BCUT2D eigenvalue weighted by atomic mass is 9.94. The second-order valence-corrected chi connectivity index (χ2v) is 3.93. The van der Waals surface area contributed by atoms with Crippen LogP contribution in [0.2, 0.25) is 0 Å². The Hall–Kier alpha value is -0.490. The average molecular weight is 264 g/mol. The molecule has 1 aromatic rings. The highest BCUT2D eigenvalue weighted by Crippen LogP contribution is 2.25. The Morgan fingerprint density at radius 1 is 1.50 bits per heavy atom. The number of rotatable bonds is 3. The van der Waals surface area contributed by atoms with Gasteiger partial charge in [-0.1, -0.05) is 15.9 Å². The van der Waals surface area contributed by atoms with Crippen LogP contribution in [0.15, 0.2) is 22.7 Å². The monoisotopic (exact) mass is 263 g/mol. The summed E-state index contributed by atoms with van der Waals surface area (Å²) in [7, 11) is 0. The first-order valence-electron chi connectivity index (χ1n) is 4.02. The van der Waals surface area contributed by atoms with Crippen molar-refractivity contribution in [2.75, 3.05) is 13.2 Å². The van der Waals surface area contributed by atoms with E-state index in [4.69, 9.17) is 10.8 Å². The molecule has 0 radical (unpaired) electrons. The van der Waals surface area contributed by atoms with E-state index in [0.717, 1.165) is 0 Å². The largest absolute Gasteiger partial charge is 0.393 e. The molecule has 0 saturated carbocycles. The van der Waals surface area contributed by atoms with E-state index >= 15 is 0 Å². The Morgan fingerprint density at radius 2 is 2.14 bits per heavy atom. The fourth-order valence-corrected chi connectivity index (χ4v) is 1.47. The standard InChI is InChI=1S/C9H11BrFNO2/c10-6-1-2-8(11)7(3-6)9(14,4-12)5-13/h1-3,13-14H,4-5,12H2. The molecule has 14 heavy (non-hydrogen) atoms. The molecule has 1 atom stereocenters. The first-order chi connectivity index (χ1) is 6.53. The van der Waals surface area contributed by atoms with Gasteiger partial charge in [0.05, 0.1) is 6.61 Å². The van der Waals surface area contributed by atoms with Crippen LogP contribution < -0.4 is 5.73 Å². The lowest BCUT2D eigenvalue weighted by Crippen LogP contribution is -2.39. The van der Waals surface area contributed by atoms with Gasteiger partial charge < -0.3 is 15.9 Å². The van der Waals surface area contributed by atoms with Crippen LogP contribution in [0.5, 0.6) is 0 Å². The lowest BCUT2D eigenvalue weighted by molar-refractivity contribution is -0.0138. The predicted octanol–water partition coefficient (Wildman–Crippen LogP) is 0.727. The smallest absolute Gasteiger partial charge is 0.129 e. The number of aliphatic hydroxyl groups is 2. The summed E-state index contributed by atoms with van der Waals surface area (Å²) in [6.07, 6.45) is 0. The van der Waals surface area contributed by atoms with Crippen LogP contribution in [0.4, 0.5) is 4.39 Å². The van der Waals surface area contributed by atoms with Crippen molar-refractivity contribution in [3.05, 3.63) is 34.1 Å². The van der Waals surface area contributed by atoms with Gasteiger partial charge in [-0.25, -0.2) is 4.39 Å². The number of benzene rings is 1. The minimum atomic E-state index is -1.71. The fraction of sp³-hybridized carbons (Fsp3) is 0.333. The van der Waals surface area contributed by atoms with Gasteiger partial charge in [0.1, 0.15) is 11.4 Å². The van der Waals surface area contributed by atoms with E-state index < -0.39 is 18.0 Å². The molecule has 5 heteroatoms. The molecule has 0 bridgehead atoms. The van der Waals surface area contributed by atoms with Crippen molar-refractivity contribution < 1.29 is 14.6 Å². The first kappa shape index (κ1) is 11.6. The number of aliphatic hydroxyl groups excluding tert-OH is 1. The van der Waals surface area contributed by atoms with Crippen LogP contribution in [0, 0.1) is 5.82 Å². The van der Waals surface area contributed by atoms with Crippen LogP contribution in [-0.4, -0.2) is 23.4 Å². The number of nitrogens with two attached hydrogens (primary N) is 1. The Balaban J connectivity index is 3.22. The van der Waals surface area contributed by atoms with Crippen LogP contribution in [0.1, 0.15) is 5.56 Å². The molecule has 4 N–H and O–H groups in total. The molecule has 3 nitrogen and oxygen atoms in total. The minimum Gasteiger partial charge on any atom is -0.393 e. The molecule has 0 aromatic heterocycles. The highest BCUT2D eigenvalue weighted by molar-refractivity contribution is 9.10. The zero-order valence-electron chi connectivity index (χ0n) is 7.37.